The molecule has 1 atom stereocenters. The van der Waals surface area contributed by atoms with Gasteiger partial charge in [0.15, 0.2) is 0 Å². The number of hydrogen-bond acceptors (Lipinski definition) is 0. The highest BCUT2D eigenvalue weighted by atomic mass is 14.3. The summed E-state index contributed by atoms with van der Waals surface area (Å²) in [5.74, 6) is 0.760. The second kappa shape index (κ2) is 3.80. The number of hydrogen-bond donors (Lipinski definition) is 0. The Bertz CT molecular complexity index is 103. The zero-order valence-electron chi connectivity index (χ0n) is 7.78. The van der Waals surface area contributed by atoms with Crippen molar-refractivity contribution >= 4 is 0 Å². The molecule has 0 aliphatic heterocycles. The van der Waals surface area contributed by atoms with Gasteiger partial charge in [0.1, 0.15) is 0 Å². The number of allylic oxidation sites excluding steroid dienone is 1. The second-order valence-electron chi connectivity index (χ2n) is 3.66. The summed E-state index contributed by atoms with van der Waals surface area (Å²) in [5, 5.41) is 0. The monoisotopic (exact) mass is 140 g/mol. The van der Waals surface area contributed by atoms with Crippen LogP contribution < -0.4 is 0 Å². The van der Waals surface area contributed by atoms with Crippen molar-refractivity contribution in [3.05, 3.63) is 12.7 Å². The van der Waals surface area contributed by atoms with E-state index in [0.29, 0.717) is 5.41 Å². The van der Waals surface area contributed by atoms with Gasteiger partial charge in [-0.05, 0) is 17.8 Å². The van der Waals surface area contributed by atoms with Crippen molar-refractivity contribution in [2.45, 2.75) is 40.5 Å². The molecular formula is C10H20. The maximum absolute atomic E-state index is 3.78. The van der Waals surface area contributed by atoms with E-state index in [1.54, 1.807) is 0 Å². The zero-order chi connectivity index (χ0) is 8.20. The molecule has 0 spiro atoms. The Morgan fingerprint density at radius 1 is 1.50 bits per heavy atom. The van der Waals surface area contributed by atoms with Crippen molar-refractivity contribution in [3.63, 3.8) is 0 Å². The molecule has 0 heteroatoms. The molecule has 1 unspecified atom stereocenters. The summed E-state index contributed by atoms with van der Waals surface area (Å²) in [6.45, 7) is 12.9. The van der Waals surface area contributed by atoms with Crippen LogP contribution in [0.5, 0.6) is 0 Å². The molecule has 0 fully saturated rings. The molecule has 10 heavy (non-hydrogen) atoms. The van der Waals surface area contributed by atoms with Crippen molar-refractivity contribution in [1.29, 1.82) is 0 Å². The van der Waals surface area contributed by atoms with Crippen LogP contribution in [0.3, 0.4) is 0 Å². The lowest BCUT2D eigenvalue weighted by Crippen LogP contribution is -2.21. The van der Waals surface area contributed by atoms with Gasteiger partial charge in [-0.2, -0.15) is 0 Å². The summed E-state index contributed by atoms with van der Waals surface area (Å²) in [6.07, 6.45) is 4.42. The first-order chi connectivity index (χ1) is 4.56. The van der Waals surface area contributed by atoms with Crippen molar-refractivity contribution < 1.29 is 0 Å². The molecule has 0 aromatic heterocycles. The van der Waals surface area contributed by atoms with Gasteiger partial charge in [-0.1, -0.05) is 40.2 Å². The van der Waals surface area contributed by atoms with E-state index in [4.69, 9.17) is 0 Å². The fourth-order valence-corrected chi connectivity index (χ4v) is 1.12. The summed E-state index contributed by atoms with van der Waals surface area (Å²) >= 11 is 0. The first kappa shape index (κ1) is 9.74. The maximum atomic E-state index is 3.78. The van der Waals surface area contributed by atoms with Crippen LogP contribution in [0.1, 0.15) is 40.5 Å². The van der Waals surface area contributed by atoms with Crippen LogP contribution >= 0.6 is 0 Å². The Morgan fingerprint density at radius 3 is 2.10 bits per heavy atom. The highest BCUT2D eigenvalue weighted by Gasteiger charge is 2.23. The summed E-state index contributed by atoms with van der Waals surface area (Å²) in [4.78, 5) is 0. The lowest BCUT2D eigenvalue weighted by Gasteiger charge is -2.31. The van der Waals surface area contributed by atoms with Crippen LogP contribution in [-0.4, -0.2) is 0 Å². The minimum Gasteiger partial charge on any atom is -0.103 e. The molecule has 0 radical (unpaired) electrons. The molecule has 0 heterocycles. The molecular weight excluding hydrogens is 120 g/mol. The number of rotatable bonds is 4. The van der Waals surface area contributed by atoms with Crippen molar-refractivity contribution in [3.8, 4) is 0 Å². The van der Waals surface area contributed by atoms with E-state index in [1.165, 1.54) is 6.42 Å². The molecule has 0 aliphatic carbocycles. The van der Waals surface area contributed by atoms with Gasteiger partial charge in [0.05, 0.1) is 0 Å². The Morgan fingerprint density at radius 2 is 2.00 bits per heavy atom. The third-order valence-electron chi connectivity index (χ3n) is 2.81. The second-order valence-corrected chi connectivity index (χ2v) is 3.66. The molecule has 0 saturated heterocycles. The van der Waals surface area contributed by atoms with Crippen molar-refractivity contribution in [2.24, 2.45) is 11.3 Å². The quantitative estimate of drug-likeness (QED) is 0.523. The molecule has 0 amide bonds. The van der Waals surface area contributed by atoms with Gasteiger partial charge in [0, 0.05) is 0 Å². The molecule has 0 nitrogen and oxygen atoms in total. The average molecular weight is 140 g/mol. The normalized spacial score (nSPS) is 16.9. The summed E-state index contributed by atoms with van der Waals surface area (Å²) < 4.78 is 0. The molecule has 0 rings (SSSR count). The Balaban J connectivity index is 4.07. The standard InChI is InChI=1S/C10H20/c1-6-8-10(5,7-2)9(3)4/h6,9H,1,7-8H2,2-5H3. The van der Waals surface area contributed by atoms with E-state index in [2.05, 4.69) is 34.3 Å². The lowest BCUT2D eigenvalue weighted by atomic mass is 9.74. The van der Waals surface area contributed by atoms with Crippen LogP contribution in [-0.2, 0) is 0 Å². The summed E-state index contributed by atoms with van der Waals surface area (Å²) in [5.41, 5.74) is 0.474. The zero-order valence-corrected chi connectivity index (χ0v) is 7.78. The van der Waals surface area contributed by atoms with Gasteiger partial charge in [0.2, 0.25) is 0 Å². The molecule has 0 saturated carbocycles. The van der Waals surface area contributed by atoms with Gasteiger partial charge < -0.3 is 0 Å². The maximum Gasteiger partial charge on any atom is -0.0271 e. The van der Waals surface area contributed by atoms with E-state index in [1.807, 2.05) is 6.08 Å². The SMILES string of the molecule is C=CCC(C)(CC)C(C)C. The van der Waals surface area contributed by atoms with Crippen molar-refractivity contribution in [2.75, 3.05) is 0 Å². The summed E-state index contributed by atoms with van der Waals surface area (Å²) in [6, 6.07) is 0. The van der Waals surface area contributed by atoms with Crippen LogP contribution in [0.2, 0.25) is 0 Å². The van der Waals surface area contributed by atoms with Gasteiger partial charge in [0.25, 0.3) is 0 Å². The minimum atomic E-state index is 0.474. The smallest absolute Gasteiger partial charge is 0.0271 e. The van der Waals surface area contributed by atoms with Crippen LogP contribution in [0.15, 0.2) is 12.7 Å². The molecule has 0 aromatic rings. The predicted octanol–water partition coefficient (Wildman–Crippen LogP) is 3.63. The molecule has 60 valence electrons. The van der Waals surface area contributed by atoms with E-state index in [9.17, 15) is 0 Å². The van der Waals surface area contributed by atoms with Crippen molar-refractivity contribution in [1.82, 2.24) is 0 Å². The third kappa shape index (κ3) is 2.17. The summed E-state index contributed by atoms with van der Waals surface area (Å²) in [7, 11) is 0. The minimum absolute atomic E-state index is 0.474. The predicted molar refractivity (Wildman–Crippen MR) is 48.1 cm³/mol. The Labute approximate surface area is 65.3 Å². The molecule has 0 bridgehead atoms. The largest absolute Gasteiger partial charge is 0.103 e. The Hall–Kier alpha value is -0.260. The van der Waals surface area contributed by atoms with Crippen LogP contribution in [0.4, 0.5) is 0 Å². The van der Waals surface area contributed by atoms with Gasteiger partial charge in [-0.3, -0.25) is 0 Å². The highest BCUT2D eigenvalue weighted by Crippen LogP contribution is 2.34. The van der Waals surface area contributed by atoms with Gasteiger partial charge in [-0.15, -0.1) is 6.58 Å². The van der Waals surface area contributed by atoms with Gasteiger partial charge in [-0.25, -0.2) is 0 Å². The first-order valence-electron chi connectivity index (χ1n) is 4.17. The van der Waals surface area contributed by atoms with E-state index >= 15 is 0 Å². The fraction of sp³-hybridized carbons (Fsp3) is 0.800. The topological polar surface area (TPSA) is 0 Å². The average Bonchev–Trinajstić information content (AvgIpc) is 1.88. The van der Waals surface area contributed by atoms with E-state index in [0.717, 1.165) is 12.3 Å². The fourth-order valence-electron chi connectivity index (χ4n) is 1.12. The van der Waals surface area contributed by atoms with Crippen LogP contribution in [0.25, 0.3) is 0 Å². The third-order valence-corrected chi connectivity index (χ3v) is 2.81. The molecule has 0 N–H and O–H groups in total. The van der Waals surface area contributed by atoms with Gasteiger partial charge >= 0.3 is 0 Å². The Kier molecular flexibility index (Phi) is 3.70. The van der Waals surface area contributed by atoms with E-state index in [-0.39, 0.29) is 0 Å². The lowest BCUT2D eigenvalue weighted by molar-refractivity contribution is 0.212. The molecule has 0 aromatic carbocycles. The molecule has 0 aliphatic rings. The highest BCUT2D eigenvalue weighted by molar-refractivity contribution is 4.84. The first-order valence-corrected chi connectivity index (χ1v) is 4.17. The van der Waals surface area contributed by atoms with E-state index < -0.39 is 0 Å². The van der Waals surface area contributed by atoms with Crippen LogP contribution in [0, 0.1) is 11.3 Å².